The fourth-order valence-electron chi connectivity index (χ4n) is 4.50. The number of anilines is 2. The predicted octanol–water partition coefficient (Wildman–Crippen LogP) is 4.36. The quantitative estimate of drug-likeness (QED) is 0.321. The molecule has 3 aromatic rings. The summed E-state index contributed by atoms with van der Waals surface area (Å²) in [6, 6.07) is 7.37. The summed E-state index contributed by atoms with van der Waals surface area (Å²) in [5, 5.41) is 6.51. The monoisotopic (exact) mass is 558 g/mol. The van der Waals surface area contributed by atoms with Gasteiger partial charge < -0.3 is 20.1 Å². The van der Waals surface area contributed by atoms with Crippen LogP contribution in [0.4, 0.5) is 15.8 Å². The summed E-state index contributed by atoms with van der Waals surface area (Å²) < 4.78 is 18.7. The average molecular weight is 559 g/mol. The number of hydrogen-bond donors (Lipinski definition) is 3. The molecule has 2 fully saturated rings. The van der Waals surface area contributed by atoms with Gasteiger partial charge in [0.25, 0.3) is 5.91 Å². The molecule has 0 unspecified atom stereocenters. The molecule has 10 heteroatoms. The van der Waals surface area contributed by atoms with Crippen molar-refractivity contribution in [3.8, 4) is 0 Å². The van der Waals surface area contributed by atoms with E-state index in [1.54, 1.807) is 12.4 Å². The lowest BCUT2D eigenvalue weighted by molar-refractivity contribution is 0.0271. The summed E-state index contributed by atoms with van der Waals surface area (Å²) in [5.74, 6) is -0.546. The highest BCUT2D eigenvalue weighted by Crippen LogP contribution is 2.33. The van der Waals surface area contributed by atoms with Crippen LogP contribution >= 0.6 is 15.9 Å². The van der Waals surface area contributed by atoms with Crippen molar-refractivity contribution in [3.05, 3.63) is 52.0 Å². The van der Waals surface area contributed by atoms with Gasteiger partial charge in [0.15, 0.2) is 5.82 Å². The first-order valence-corrected chi connectivity index (χ1v) is 13.3. The molecule has 0 bridgehead atoms. The first-order valence-electron chi connectivity index (χ1n) is 12.6. The number of nitrogens with zero attached hydrogens (tertiary/aromatic N) is 3. The van der Waals surface area contributed by atoms with Gasteiger partial charge in [0.2, 0.25) is 0 Å². The third-order valence-corrected chi connectivity index (χ3v) is 7.31. The summed E-state index contributed by atoms with van der Waals surface area (Å²) in [5.41, 5.74) is 5.25. The zero-order valence-corrected chi connectivity index (χ0v) is 22.0. The van der Waals surface area contributed by atoms with Crippen LogP contribution in [0, 0.1) is 18.7 Å². The van der Waals surface area contributed by atoms with Crippen LogP contribution in [0.15, 0.2) is 35.1 Å². The minimum atomic E-state index is -0.553. The number of piperazine rings is 1. The lowest BCUT2D eigenvalue weighted by Gasteiger charge is -2.27. The Balaban J connectivity index is 1.42. The van der Waals surface area contributed by atoms with Crippen LogP contribution in [-0.4, -0.2) is 59.7 Å². The van der Waals surface area contributed by atoms with Gasteiger partial charge in [-0.15, -0.1) is 0 Å². The van der Waals surface area contributed by atoms with Crippen LogP contribution < -0.4 is 16.1 Å². The van der Waals surface area contributed by atoms with Gasteiger partial charge in [-0.05, 0) is 68.5 Å². The summed E-state index contributed by atoms with van der Waals surface area (Å²) in [6.45, 7) is 8.14. The number of halogens is 2. The minimum absolute atomic E-state index is 0.0894. The second-order valence-corrected chi connectivity index (χ2v) is 10.5. The highest BCUT2D eigenvalue weighted by Gasteiger charge is 2.25. The molecular weight excluding hydrogens is 527 g/mol. The molecule has 1 saturated heterocycles. The molecule has 8 nitrogen and oxygen atoms in total. The third kappa shape index (κ3) is 5.88. The summed E-state index contributed by atoms with van der Waals surface area (Å²) >= 11 is 3.46. The second kappa shape index (κ2) is 11.2. The molecule has 1 saturated carbocycles. The topological polar surface area (TPSA) is 83.5 Å². The van der Waals surface area contributed by atoms with Crippen LogP contribution in [0.25, 0.3) is 11.0 Å². The molecule has 0 spiro atoms. The van der Waals surface area contributed by atoms with Gasteiger partial charge in [-0.2, -0.15) is 0 Å². The van der Waals surface area contributed by atoms with E-state index in [0.29, 0.717) is 30.3 Å². The molecular formula is C26H32BrFN6O2. The number of carbonyl (C=O) groups is 1. The van der Waals surface area contributed by atoms with E-state index in [9.17, 15) is 4.79 Å². The molecule has 1 aliphatic heterocycles. The maximum Gasteiger partial charge on any atom is 0.277 e. The van der Waals surface area contributed by atoms with Crippen LogP contribution in [0.1, 0.15) is 35.2 Å². The number of benzene rings is 2. The molecule has 192 valence electrons. The number of hydroxylamine groups is 1. The molecule has 2 aromatic carbocycles. The molecule has 2 aliphatic rings. The SMILES string of the molecule is Cc1cc(Br)ccc1Nc1c(C(=O)NOCC2CC2)cc2c(ncn2CCCN2CCNCC2)c1F. The molecule has 1 aliphatic carbocycles. The van der Waals surface area contributed by atoms with Gasteiger partial charge >= 0.3 is 0 Å². The lowest BCUT2D eigenvalue weighted by atomic mass is 10.1. The third-order valence-electron chi connectivity index (χ3n) is 6.81. The molecule has 0 radical (unpaired) electrons. The highest BCUT2D eigenvalue weighted by molar-refractivity contribution is 9.10. The Hall–Kier alpha value is -2.53. The number of aryl methyl sites for hydroxylation is 2. The normalized spacial score (nSPS) is 16.4. The maximum atomic E-state index is 15.9. The maximum absolute atomic E-state index is 15.9. The van der Waals surface area contributed by atoms with E-state index in [1.807, 2.05) is 29.7 Å². The Morgan fingerprint density at radius 3 is 2.81 bits per heavy atom. The first kappa shape index (κ1) is 25.1. The van der Waals surface area contributed by atoms with Crippen LogP contribution in [0.2, 0.25) is 0 Å². The molecule has 5 rings (SSSR count). The number of aromatic nitrogens is 2. The fraction of sp³-hybridized carbons (Fsp3) is 0.462. The number of hydrogen-bond acceptors (Lipinski definition) is 6. The standard InChI is InChI=1S/C26H32BrFN6O2/c1-17-13-19(27)5-6-21(17)31-24-20(26(35)32-36-15-18-3-4-18)14-22-25(23(24)28)30-16-34(22)10-2-9-33-11-7-29-8-12-33/h5-6,13-14,16,18,29,31H,2-4,7-12,15H2,1H3,(H,32,35). The Morgan fingerprint density at radius 2 is 2.06 bits per heavy atom. The zero-order chi connectivity index (χ0) is 25.1. The number of fused-ring (bicyclic) bond motifs is 1. The van der Waals surface area contributed by atoms with Crippen molar-refractivity contribution >= 4 is 44.2 Å². The lowest BCUT2D eigenvalue weighted by Crippen LogP contribution is -2.43. The Labute approximate surface area is 218 Å². The summed E-state index contributed by atoms with van der Waals surface area (Å²) in [4.78, 5) is 25.4. The van der Waals surface area contributed by atoms with E-state index in [-0.39, 0.29) is 16.8 Å². The zero-order valence-electron chi connectivity index (χ0n) is 20.4. The predicted molar refractivity (Wildman–Crippen MR) is 142 cm³/mol. The molecule has 2 heterocycles. The number of rotatable bonds is 10. The number of carbonyl (C=O) groups excluding carboxylic acids is 1. The number of imidazole rings is 1. The molecule has 36 heavy (non-hydrogen) atoms. The van der Waals surface area contributed by atoms with E-state index in [4.69, 9.17) is 4.84 Å². The summed E-state index contributed by atoms with van der Waals surface area (Å²) in [6.07, 6.45) is 4.79. The number of amides is 1. The van der Waals surface area contributed by atoms with Crippen molar-refractivity contribution < 1.29 is 14.0 Å². The first-order chi connectivity index (χ1) is 17.5. The Bertz CT molecular complexity index is 1240. The molecule has 1 aromatic heterocycles. The number of nitrogens with one attached hydrogen (secondary N) is 3. The van der Waals surface area contributed by atoms with E-state index in [1.165, 1.54) is 0 Å². The van der Waals surface area contributed by atoms with Gasteiger partial charge in [-0.1, -0.05) is 15.9 Å². The van der Waals surface area contributed by atoms with Gasteiger partial charge in [0.05, 0.1) is 29.7 Å². The minimum Gasteiger partial charge on any atom is -0.352 e. The van der Waals surface area contributed by atoms with Gasteiger partial charge in [-0.3, -0.25) is 9.63 Å². The van der Waals surface area contributed by atoms with Gasteiger partial charge in [0.1, 0.15) is 5.52 Å². The van der Waals surface area contributed by atoms with E-state index >= 15 is 4.39 Å². The smallest absolute Gasteiger partial charge is 0.277 e. The van der Waals surface area contributed by atoms with Gasteiger partial charge in [-0.25, -0.2) is 14.9 Å². The van der Waals surface area contributed by atoms with E-state index in [0.717, 1.165) is 62.0 Å². The highest BCUT2D eigenvalue weighted by atomic mass is 79.9. The molecule has 3 N–H and O–H groups in total. The van der Waals surface area contributed by atoms with E-state index in [2.05, 4.69) is 41.9 Å². The largest absolute Gasteiger partial charge is 0.352 e. The molecule has 0 atom stereocenters. The fourth-order valence-corrected chi connectivity index (χ4v) is 4.98. The van der Waals surface area contributed by atoms with Crippen LogP contribution in [0.3, 0.4) is 0 Å². The summed E-state index contributed by atoms with van der Waals surface area (Å²) in [7, 11) is 0. The van der Waals surface area contributed by atoms with Gasteiger partial charge in [0, 0.05) is 42.9 Å². The van der Waals surface area contributed by atoms with Crippen molar-refractivity contribution in [2.24, 2.45) is 5.92 Å². The van der Waals surface area contributed by atoms with Crippen LogP contribution in [-0.2, 0) is 11.4 Å². The van der Waals surface area contributed by atoms with Crippen molar-refractivity contribution in [2.45, 2.75) is 32.7 Å². The van der Waals surface area contributed by atoms with E-state index < -0.39 is 11.7 Å². The van der Waals surface area contributed by atoms with Crippen molar-refractivity contribution in [3.63, 3.8) is 0 Å². The van der Waals surface area contributed by atoms with Crippen LogP contribution in [0.5, 0.6) is 0 Å². The van der Waals surface area contributed by atoms with Crippen molar-refractivity contribution in [1.82, 2.24) is 25.2 Å². The molecule has 1 amide bonds. The Kier molecular flexibility index (Phi) is 7.85. The van der Waals surface area contributed by atoms with Crippen molar-refractivity contribution in [1.29, 1.82) is 0 Å². The second-order valence-electron chi connectivity index (χ2n) is 9.63. The van der Waals surface area contributed by atoms with Crippen molar-refractivity contribution in [2.75, 3.05) is 44.6 Å². The average Bonchev–Trinajstić information content (AvgIpc) is 3.61. The Morgan fingerprint density at radius 1 is 1.25 bits per heavy atom.